The van der Waals surface area contributed by atoms with Gasteiger partial charge in [-0.25, -0.2) is 9.78 Å². The fraction of sp³-hybridized carbons (Fsp3) is 0.320. The monoisotopic (exact) mass is 492 g/mol. The molecular weight excluding hydrogens is 468 g/mol. The van der Waals surface area contributed by atoms with Gasteiger partial charge in [0.25, 0.3) is 5.56 Å². The maximum atomic E-state index is 13.3. The van der Waals surface area contributed by atoms with Crippen LogP contribution in [-0.4, -0.2) is 47.0 Å². The Labute approximate surface area is 206 Å². The predicted molar refractivity (Wildman–Crippen MR) is 131 cm³/mol. The summed E-state index contributed by atoms with van der Waals surface area (Å²) in [7, 11) is 1.29. The van der Waals surface area contributed by atoms with Crippen LogP contribution in [0.5, 0.6) is 0 Å². The van der Waals surface area contributed by atoms with Crippen molar-refractivity contribution in [2.75, 3.05) is 24.8 Å². The smallest absolute Gasteiger partial charge is 0.337 e. The average Bonchev–Trinajstić information content (AvgIpc) is 3.38. The second-order valence-electron chi connectivity index (χ2n) is 8.04. The minimum Gasteiger partial charge on any atom is -0.465 e. The number of thioether (sulfide) groups is 1. The molecule has 1 aromatic heterocycles. The number of carbonyl (C=O) groups excluding carboxylic acids is 2. The molecule has 1 saturated heterocycles. The van der Waals surface area contributed by atoms with Gasteiger partial charge < -0.3 is 14.8 Å². The molecule has 2 heterocycles. The number of carbonyl (C=O) groups is 2. The first kappa shape index (κ1) is 24.4. The number of hydrogen-bond acceptors (Lipinski definition) is 8. The van der Waals surface area contributed by atoms with Gasteiger partial charge in [0.05, 0.1) is 54.5 Å². The number of fused-ring (bicyclic) bond motifs is 1. The number of hydrogen-bond donors (Lipinski definition) is 1. The van der Waals surface area contributed by atoms with Crippen LogP contribution < -0.4 is 10.9 Å². The summed E-state index contributed by atoms with van der Waals surface area (Å²) in [5.41, 5.74) is 1.88. The van der Waals surface area contributed by atoms with E-state index >= 15 is 0 Å². The highest BCUT2D eigenvalue weighted by Crippen LogP contribution is 2.22. The molecule has 0 bridgehead atoms. The van der Waals surface area contributed by atoms with Crippen molar-refractivity contribution < 1.29 is 19.1 Å². The molecule has 0 radical (unpaired) electrons. The molecule has 1 amide bonds. The van der Waals surface area contributed by atoms with Crippen LogP contribution in [0.3, 0.4) is 0 Å². The van der Waals surface area contributed by atoms with E-state index in [0.29, 0.717) is 41.3 Å². The number of methoxy groups -OCH3 is 1. The van der Waals surface area contributed by atoms with Gasteiger partial charge in [0, 0.05) is 12.3 Å². The van der Waals surface area contributed by atoms with Crippen LogP contribution in [0.1, 0.15) is 28.8 Å². The van der Waals surface area contributed by atoms with E-state index in [1.807, 2.05) is 0 Å². The molecule has 0 saturated carbocycles. The molecule has 1 aliphatic rings. The van der Waals surface area contributed by atoms with E-state index in [0.717, 1.165) is 30.2 Å². The number of amides is 1. The Bertz CT molecular complexity index is 1340. The summed E-state index contributed by atoms with van der Waals surface area (Å²) < 4.78 is 12.0. The standard InChI is InChI=1S/C25H24N4O5S/c1-33-24(32)17-6-9-20-21(13-17)28-25(29(23(20)31)14-19-3-2-12-34-19)35-15-22(30)27-18-7-4-16(5-8-18)10-11-26/h4-9,13,19H,2-3,10,12,14-15H2,1H3,(H,27,30). The Balaban J connectivity index is 1.58. The molecule has 0 aliphatic carbocycles. The van der Waals surface area contributed by atoms with Crippen molar-refractivity contribution in [3.8, 4) is 6.07 Å². The molecular formula is C25H24N4O5S. The highest BCUT2D eigenvalue weighted by atomic mass is 32.2. The molecule has 3 aromatic rings. The van der Waals surface area contributed by atoms with Crippen LogP contribution in [-0.2, 0) is 27.2 Å². The summed E-state index contributed by atoms with van der Waals surface area (Å²) >= 11 is 1.14. The number of esters is 1. The van der Waals surface area contributed by atoms with Crippen LogP contribution in [0.2, 0.25) is 0 Å². The van der Waals surface area contributed by atoms with Crippen LogP contribution in [0.25, 0.3) is 10.9 Å². The minimum absolute atomic E-state index is 0.0279. The number of rotatable bonds is 8. The minimum atomic E-state index is -0.522. The Hall–Kier alpha value is -3.68. The van der Waals surface area contributed by atoms with E-state index in [1.54, 1.807) is 34.9 Å². The lowest BCUT2D eigenvalue weighted by Crippen LogP contribution is -2.29. The summed E-state index contributed by atoms with van der Waals surface area (Å²) in [4.78, 5) is 42.5. The number of nitriles is 1. The normalized spacial score (nSPS) is 15.0. The SMILES string of the molecule is COC(=O)c1ccc2c(=O)n(CC3CCCO3)c(SCC(=O)Nc3ccc(CC#N)cc3)nc2c1. The molecule has 0 spiro atoms. The number of aromatic nitrogens is 2. The second kappa shape index (κ2) is 11.2. The summed E-state index contributed by atoms with van der Waals surface area (Å²) in [6.07, 6.45) is 1.98. The van der Waals surface area contributed by atoms with Crippen molar-refractivity contribution in [2.24, 2.45) is 0 Å². The van der Waals surface area contributed by atoms with Crippen molar-refractivity contribution in [1.82, 2.24) is 9.55 Å². The van der Waals surface area contributed by atoms with Gasteiger partial charge in [-0.05, 0) is 48.7 Å². The van der Waals surface area contributed by atoms with E-state index in [9.17, 15) is 14.4 Å². The van der Waals surface area contributed by atoms with Crippen molar-refractivity contribution in [2.45, 2.75) is 37.1 Å². The molecule has 1 atom stereocenters. The Kier molecular flexibility index (Phi) is 7.80. The van der Waals surface area contributed by atoms with Crippen molar-refractivity contribution >= 4 is 40.2 Å². The Morgan fingerprint density at radius 1 is 1.29 bits per heavy atom. The van der Waals surface area contributed by atoms with Gasteiger partial charge in [0.15, 0.2) is 5.16 Å². The van der Waals surface area contributed by atoms with E-state index in [1.165, 1.54) is 19.2 Å². The largest absolute Gasteiger partial charge is 0.465 e. The van der Waals surface area contributed by atoms with Gasteiger partial charge in [0.2, 0.25) is 5.91 Å². The predicted octanol–water partition coefficient (Wildman–Crippen LogP) is 3.16. The second-order valence-corrected chi connectivity index (χ2v) is 8.98. The average molecular weight is 493 g/mol. The number of nitrogens with zero attached hydrogens (tertiary/aromatic N) is 3. The zero-order valence-electron chi connectivity index (χ0n) is 19.2. The van der Waals surface area contributed by atoms with Gasteiger partial charge in [0.1, 0.15) is 0 Å². The molecule has 1 unspecified atom stereocenters. The van der Waals surface area contributed by atoms with E-state index in [-0.39, 0.29) is 28.9 Å². The summed E-state index contributed by atoms with van der Waals surface area (Å²) in [6.45, 7) is 0.992. The van der Waals surface area contributed by atoms with Crippen molar-refractivity contribution in [3.63, 3.8) is 0 Å². The molecule has 1 aliphatic heterocycles. The van der Waals surface area contributed by atoms with Gasteiger partial charge in [-0.2, -0.15) is 5.26 Å². The number of nitrogens with one attached hydrogen (secondary N) is 1. The molecule has 9 nitrogen and oxygen atoms in total. The molecule has 180 valence electrons. The van der Waals surface area contributed by atoms with Gasteiger partial charge in [-0.1, -0.05) is 23.9 Å². The number of benzene rings is 2. The highest BCUT2D eigenvalue weighted by Gasteiger charge is 2.21. The molecule has 2 aromatic carbocycles. The maximum Gasteiger partial charge on any atom is 0.337 e. The molecule has 1 N–H and O–H groups in total. The summed E-state index contributed by atoms with van der Waals surface area (Å²) in [5.74, 6) is -0.754. The summed E-state index contributed by atoms with van der Waals surface area (Å²) in [6, 6.07) is 13.8. The van der Waals surface area contributed by atoms with E-state index < -0.39 is 5.97 Å². The molecule has 1 fully saturated rings. The number of anilines is 1. The van der Waals surface area contributed by atoms with E-state index in [4.69, 9.17) is 14.7 Å². The Morgan fingerprint density at radius 3 is 2.77 bits per heavy atom. The van der Waals surface area contributed by atoms with Crippen molar-refractivity contribution in [1.29, 1.82) is 5.26 Å². The first-order chi connectivity index (χ1) is 17.0. The third-order valence-corrected chi connectivity index (χ3v) is 6.58. The zero-order chi connectivity index (χ0) is 24.8. The molecule has 35 heavy (non-hydrogen) atoms. The fourth-order valence-corrected chi connectivity index (χ4v) is 4.64. The Morgan fingerprint density at radius 2 is 2.09 bits per heavy atom. The summed E-state index contributed by atoms with van der Waals surface area (Å²) in [5, 5.41) is 12.3. The number of ether oxygens (including phenoxy) is 2. The third kappa shape index (κ3) is 5.88. The lowest BCUT2D eigenvalue weighted by atomic mass is 10.1. The third-order valence-electron chi connectivity index (χ3n) is 5.60. The quantitative estimate of drug-likeness (QED) is 0.289. The van der Waals surface area contributed by atoms with Gasteiger partial charge in [-0.3, -0.25) is 14.2 Å². The maximum absolute atomic E-state index is 13.3. The van der Waals surface area contributed by atoms with Crippen LogP contribution >= 0.6 is 11.8 Å². The van der Waals surface area contributed by atoms with Gasteiger partial charge >= 0.3 is 5.97 Å². The zero-order valence-corrected chi connectivity index (χ0v) is 20.0. The fourth-order valence-electron chi connectivity index (χ4n) is 3.83. The lowest BCUT2D eigenvalue weighted by molar-refractivity contribution is -0.113. The van der Waals surface area contributed by atoms with E-state index in [2.05, 4.69) is 16.4 Å². The molecule has 10 heteroatoms. The van der Waals surface area contributed by atoms with Crippen LogP contribution in [0.15, 0.2) is 52.4 Å². The van der Waals surface area contributed by atoms with Crippen molar-refractivity contribution in [3.05, 3.63) is 63.9 Å². The topological polar surface area (TPSA) is 123 Å². The van der Waals surface area contributed by atoms with Crippen LogP contribution in [0, 0.1) is 11.3 Å². The lowest BCUT2D eigenvalue weighted by Gasteiger charge is -2.16. The van der Waals surface area contributed by atoms with Gasteiger partial charge in [-0.15, -0.1) is 0 Å². The highest BCUT2D eigenvalue weighted by molar-refractivity contribution is 7.99. The molecule has 4 rings (SSSR count). The first-order valence-corrected chi connectivity index (χ1v) is 12.1. The first-order valence-electron chi connectivity index (χ1n) is 11.1. The van der Waals surface area contributed by atoms with Crippen LogP contribution in [0.4, 0.5) is 5.69 Å².